The molecule has 6 nitrogen and oxygen atoms in total. The Labute approximate surface area is 231 Å². The highest BCUT2D eigenvalue weighted by Gasteiger charge is 2.29. The fourth-order valence-corrected chi connectivity index (χ4v) is 9.23. The highest BCUT2D eigenvalue weighted by molar-refractivity contribution is 7.89. The Morgan fingerprint density at radius 1 is 0.974 bits per heavy atom. The number of aromatic nitrogens is 1. The zero-order valence-electron chi connectivity index (χ0n) is 21.4. The van der Waals surface area contributed by atoms with Crippen molar-refractivity contribution in [3.05, 3.63) is 64.5 Å². The van der Waals surface area contributed by atoms with Gasteiger partial charge in [-0.1, -0.05) is 25.5 Å². The topological polar surface area (TPSA) is 79.4 Å². The number of benzene rings is 2. The Hall–Kier alpha value is -2.59. The van der Waals surface area contributed by atoms with E-state index >= 15 is 0 Å². The van der Waals surface area contributed by atoms with Gasteiger partial charge in [-0.15, -0.1) is 22.7 Å². The van der Waals surface area contributed by atoms with Gasteiger partial charge in [0.1, 0.15) is 10.0 Å². The summed E-state index contributed by atoms with van der Waals surface area (Å²) in [7, 11) is -3.55. The lowest BCUT2D eigenvalue weighted by molar-refractivity contribution is 0.102. The van der Waals surface area contributed by atoms with E-state index in [4.69, 9.17) is 4.98 Å². The fourth-order valence-electron chi connectivity index (χ4n) is 5.36. The van der Waals surface area contributed by atoms with E-state index in [1.54, 1.807) is 51.2 Å². The molecule has 0 saturated carbocycles. The maximum absolute atomic E-state index is 13.4. The second-order valence-corrected chi connectivity index (χ2v) is 14.4. The first-order valence-electron chi connectivity index (χ1n) is 13.3. The van der Waals surface area contributed by atoms with Crippen LogP contribution in [0.4, 0.5) is 5.00 Å². The quantitative estimate of drug-likeness (QED) is 0.265. The van der Waals surface area contributed by atoms with Gasteiger partial charge >= 0.3 is 0 Å². The van der Waals surface area contributed by atoms with E-state index in [-0.39, 0.29) is 10.8 Å². The number of nitrogens with one attached hydrogen (secondary N) is 1. The first kappa shape index (κ1) is 25.7. The average Bonchev–Trinajstić information content (AvgIpc) is 3.41. The Morgan fingerprint density at radius 2 is 1.71 bits per heavy atom. The summed E-state index contributed by atoms with van der Waals surface area (Å²) in [6, 6.07) is 14.5. The van der Waals surface area contributed by atoms with E-state index in [1.165, 1.54) is 16.9 Å². The van der Waals surface area contributed by atoms with Crippen molar-refractivity contribution in [2.75, 3.05) is 18.4 Å². The normalized spacial score (nSPS) is 17.3. The van der Waals surface area contributed by atoms with Crippen molar-refractivity contribution in [1.82, 2.24) is 9.29 Å². The molecule has 1 N–H and O–H groups in total. The van der Waals surface area contributed by atoms with E-state index in [1.807, 2.05) is 18.2 Å². The Kier molecular flexibility index (Phi) is 7.11. The molecule has 9 heteroatoms. The summed E-state index contributed by atoms with van der Waals surface area (Å²) < 4.78 is 28.9. The minimum atomic E-state index is -3.55. The summed E-state index contributed by atoms with van der Waals surface area (Å²) >= 11 is 3.32. The molecule has 0 bridgehead atoms. The first-order chi connectivity index (χ1) is 18.4. The van der Waals surface area contributed by atoms with Gasteiger partial charge in [-0.3, -0.25) is 4.79 Å². The second-order valence-electron chi connectivity index (χ2n) is 10.3. The minimum Gasteiger partial charge on any atom is -0.313 e. The number of nitrogens with zero attached hydrogens (tertiary/aromatic N) is 2. The van der Waals surface area contributed by atoms with Crippen LogP contribution < -0.4 is 5.32 Å². The lowest BCUT2D eigenvalue weighted by atomic mass is 10.0. The summed E-state index contributed by atoms with van der Waals surface area (Å²) in [6.07, 6.45) is 7.29. The molecule has 198 valence electrons. The van der Waals surface area contributed by atoms with E-state index in [9.17, 15) is 13.2 Å². The molecular formula is C29H31N3O3S3. The van der Waals surface area contributed by atoms with E-state index in [2.05, 4.69) is 18.3 Å². The number of carbonyl (C=O) groups is 1. The predicted molar refractivity (Wildman–Crippen MR) is 156 cm³/mol. The lowest BCUT2D eigenvalue weighted by Gasteiger charge is -2.29. The van der Waals surface area contributed by atoms with Crippen LogP contribution in [0.5, 0.6) is 0 Å². The molecule has 6 rings (SSSR count). The van der Waals surface area contributed by atoms with Crippen LogP contribution in [-0.4, -0.2) is 36.7 Å². The van der Waals surface area contributed by atoms with Gasteiger partial charge in [-0.05, 0) is 86.4 Å². The van der Waals surface area contributed by atoms with Crippen LogP contribution in [-0.2, 0) is 22.9 Å². The smallest absolute Gasteiger partial charge is 0.256 e. The monoisotopic (exact) mass is 565 g/mol. The summed E-state index contributed by atoms with van der Waals surface area (Å²) in [5.74, 6) is 0.312. The molecule has 2 aromatic carbocycles. The summed E-state index contributed by atoms with van der Waals surface area (Å²) in [5, 5.41) is 4.94. The standard InChI is InChI=1S/C29H31N3O3S3/c1-19-15-17-32(18-16-19)38(34,35)21-13-11-20(12-14-21)27(33)31-29-26(22-7-3-2-4-9-24(22)36-29)28-30-23-8-5-6-10-25(23)37-28/h5-6,8,10-14,19H,2-4,7,9,15-18H2,1H3,(H,31,33). The third-order valence-electron chi connectivity index (χ3n) is 7.65. The van der Waals surface area contributed by atoms with Crippen molar-refractivity contribution in [2.24, 2.45) is 5.92 Å². The molecule has 0 atom stereocenters. The van der Waals surface area contributed by atoms with Crippen molar-refractivity contribution in [2.45, 2.75) is 56.8 Å². The maximum Gasteiger partial charge on any atom is 0.256 e. The molecule has 0 radical (unpaired) electrons. The van der Waals surface area contributed by atoms with Crippen molar-refractivity contribution in [3.8, 4) is 10.6 Å². The van der Waals surface area contributed by atoms with Gasteiger partial charge in [0, 0.05) is 29.1 Å². The van der Waals surface area contributed by atoms with Crippen LogP contribution in [0.25, 0.3) is 20.8 Å². The summed E-state index contributed by atoms with van der Waals surface area (Å²) in [6.45, 7) is 3.25. The lowest BCUT2D eigenvalue weighted by Crippen LogP contribution is -2.37. The van der Waals surface area contributed by atoms with Crippen LogP contribution in [0, 0.1) is 5.92 Å². The number of thiazole rings is 1. The number of sulfonamides is 1. The molecule has 0 unspecified atom stereocenters. The Morgan fingerprint density at radius 3 is 2.47 bits per heavy atom. The molecule has 1 aliphatic heterocycles. The van der Waals surface area contributed by atoms with Gasteiger partial charge in [0.25, 0.3) is 5.91 Å². The van der Waals surface area contributed by atoms with Crippen LogP contribution in [0.3, 0.4) is 0 Å². The van der Waals surface area contributed by atoms with E-state index in [0.29, 0.717) is 24.6 Å². The van der Waals surface area contributed by atoms with Crippen LogP contribution in [0.15, 0.2) is 53.4 Å². The Balaban J connectivity index is 1.28. The van der Waals surface area contributed by atoms with E-state index < -0.39 is 10.0 Å². The second kappa shape index (κ2) is 10.5. The van der Waals surface area contributed by atoms with Crippen molar-refractivity contribution in [3.63, 3.8) is 0 Å². The molecule has 2 aliphatic rings. The van der Waals surface area contributed by atoms with Gasteiger partial charge in [-0.25, -0.2) is 13.4 Å². The zero-order chi connectivity index (χ0) is 26.3. The third-order valence-corrected chi connectivity index (χ3v) is 11.8. The molecule has 3 heterocycles. The largest absolute Gasteiger partial charge is 0.313 e. The highest BCUT2D eigenvalue weighted by atomic mass is 32.2. The number of thiophene rings is 1. The molecule has 1 aliphatic carbocycles. The number of aryl methyl sites for hydroxylation is 1. The number of carbonyl (C=O) groups excluding carboxylic acids is 1. The van der Waals surface area contributed by atoms with Crippen LogP contribution >= 0.6 is 22.7 Å². The van der Waals surface area contributed by atoms with Gasteiger partial charge < -0.3 is 5.32 Å². The van der Waals surface area contributed by atoms with Gasteiger partial charge in [0.15, 0.2) is 0 Å². The number of fused-ring (bicyclic) bond motifs is 2. The molecule has 1 fully saturated rings. The highest BCUT2D eigenvalue weighted by Crippen LogP contribution is 2.46. The number of para-hydroxylation sites is 1. The van der Waals surface area contributed by atoms with Crippen molar-refractivity contribution in [1.29, 1.82) is 0 Å². The Bertz CT molecular complexity index is 1550. The predicted octanol–water partition coefficient (Wildman–Crippen LogP) is 6.97. The molecule has 1 amide bonds. The number of rotatable bonds is 5. The minimum absolute atomic E-state index is 0.237. The molecule has 0 spiro atoms. The maximum atomic E-state index is 13.4. The van der Waals surface area contributed by atoms with Crippen molar-refractivity contribution >= 4 is 53.8 Å². The molecule has 2 aromatic heterocycles. The zero-order valence-corrected chi connectivity index (χ0v) is 23.9. The number of piperidine rings is 1. The van der Waals surface area contributed by atoms with Crippen LogP contribution in [0.2, 0.25) is 0 Å². The first-order valence-corrected chi connectivity index (χ1v) is 16.4. The molecule has 1 saturated heterocycles. The number of anilines is 1. The number of hydrogen-bond donors (Lipinski definition) is 1. The van der Waals surface area contributed by atoms with E-state index in [0.717, 1.165) is 64.3 Å². The van der Waals surface area contributed by atoms with Crippen LogP contribution in [0.1, 0.15) is 59.8 Å². The number of hydrogen-bond acceptors (Lipinski definition) is 6. The SMILES string of the molecule is CC1CCN(S(=O)(=O)c2ccc(C(=O)Nc3sc4c(c3-c3nc5ccccc5s3)CCCCC4)cc2)CC1. The van der Waals surface area contributed by atoms with Gasteiger partial charge in [0.05, 0.1) is 15.1 Å². The molecule has 4 aromatic rings. The summed E-state index contributed by atoms with van der Waals surface area (Å²) in [5.41, 5.74) is 3.78. The third kappa shape index (κ3) is 4.93. The average molecular weight is 566 g/mol. The summed E-state index contributed by atoms with van der Waals surface area (Å²) in [4.78, 5) is 19.9. The van der Waals surface area contributed by atoms with Crippen molar-refractivity contribution < 1.29 is 13.2 Å². The number of amides is 1. The molecule has 38 heavy (non-hydrogen) atoms. The fraction of sp³-hybridized carbons (Fsp3) is 0.379. The van der Waals surface area contributed by atoms with Gasteiger partial charge in [0.2, 0.25) is 10.0 Å². The van der Waals surface area contributed by atoms with Gasteiger partial charge in [-0.2, -0.15) is 4.31 Å². The molecular weight excluding hydrogens is 535 g/mol.